The number of methoxy groups -OCH3 is 1. The molecule has 3 aromatic heterocycles. The molecule has 1 saturated heterocycles. The fourth-order valence-corrected chi connectivity index (χ4v) is 6.55. The molecular weight excluding hydrogens is 551 g/mol. The van der Waals surface area contributed by atoms with Gasteiger partial charge >= 0.3 is 6.18 Å². The largest absolute Gasteiger partial charge is 0.497 e. The van der Waals surface area contributed by atoms with Crippen LogP contribution in [0.1, 0.15) is 45.9 Å². The van der Waals surface area contributed by atoms with Crippen molar-refractivity contribution in [2.75, 3.05) is 33.3 Å². The normalized spacial score (nSPS) is 15.6. The van der Waals surface area contributed by atoms with Gasteiger partial charge in [0.05, 0.1) is 24.0 Å². The number of alkyl halides is 3. The summed E-state index contributed by atoms with van der Waals surface area (Å²) in [4.78, 5) is 23.2. The van der Waals surface area contributed by atoms with E-state index in [0.717, 1.165) is 20.8 Å². The first kappa shape index (κ1) is 27.4. The fourth-order valence-electron chi connectivity index (χ4n) is 5.15. The molecule has 39 heavy (non-hydrogen) atoms. The number of fused-ring (bicyclic) bond motifs is 1. The minimum Gasteiger partial charge on any atom is -0.497 e. The molecule has 1 unspecified atom stereocenters. The highest BCUT2D eigenvalue weighted by atomic mass is 35.5. The average molecular weight is 578 g/mol. The van der Waals surface area contributed by atoms with Crippen molar-refractivity contribution in [3.8, 4) is 17.0 Å². The Hall–Kier alpha value is -3.15. The summed E-state index contributed by atoms with van der Waals surface area (Å²) in [7, 11) is 1.51. The third-order valence-electron chi connectivity index (χ3n) is 7.12. The number of carbonyl (C=O) groups is 1. The van der Waals surface area contributed by atoms with Crippen LogP contribution in [0, 0.1) is 6.92 Å². The third kappa shape index (κ3) is 5.10. The van der Waals surface area contributed by atoms with Gasteiger partial charge in [0.2, 0.25) is 0 Å². The Kier molecular flexibility index (Phi) is 7.58. The zero-order valence-electron chi connectivity index (χ0n) is 21.6. The van der Waals surface area contributed by atoms with Gasteiger partial charge in [-0.15, -0.1) is 11.3 Å². The van der Waals surface area contributed by atoms with Gasteiger partial charge in [0.1, 0.15) is 11.3 Å². The van der Waals surface area contributed by atoms with Crippen molar-refractivity contribution in [1.82, 2.24) is 24.4 Å². The molecule has 4 heterocycles. The van der Waals surface area contributed by atoms with E-state index in [1.165, 1.54) is 20.2 Å². The summed E-state index contributed by atoms with van der Waals surface area (Å²) in [5.41, 5.74) is -0.502. The smallest absolute Gasteiger partial charge is 0.433 e. The number of rotatable bonds is 6. The number of hydrogen-bond donors (Lipinski definition) is 0. The molecule has 0 spiro atoms. The predicted octanol–water partition coefficient (Wildman–Crippen LogP) is 6.36. The van der Waals surface area contributed by atoms with Crippen LogP contribution in [0.25, 0.3) is 16.9 Å². The number of amides is 1. The average Bonchev–Trinajstić information content (AvgIpc) is 3.54. The molecule has 0 aliphatic carbocycles. The second-order valence-electron chi connectivity index (χ2n) is 9.34. The molecule has 1 atom stereocenters. The quantitative estimate of drug-likeness (QED) is 0.267. The van der Waals surface area contributed by atoms with E-state index < -0.39 is 17.8 Å². The van der Waals surface area contributed by atoms with Crippen molar-refractivity contribution in [2.45, 2.75) is 32.5 Å². The van der Waals surface area contributed by atoms with Gasteiger partial charge in [-0.1, -0.05) is 18.5 Å². The van der Waals surface area contributed by atoms with Gasteiger partial charge in [0.15, 0.2) is 11.3 Å². The standard InChI is InChI=1S/C27H27ClF3N5O2S/c1-4-21(23-20(28)9-14-39-23)34-10-12-35(13-11-34)26(37)19-15-32-36-24(27(29,30)31)16(2)22(33-25(19)36)17-5-7-18(38-3)8-6-17/h5-9,14-15,21H,4,10-13H2,1-3H3. The molecule has 0 saturated carbocycles. The van der Waals surface area contributed by atoms with Gasteiger partial charge in [-0.25, -0.2) is 9.50 Å². The molecule has 12 heteroatoms. The minimum atomic E-state index is -4.71. The molecule has 0 bridgehead atoms. The molecule has 7 nitrogen and oxygen atoms in total. The lowest BCUT2D eigenvalue weighted by Gasteiger charge is -2.38. The van der Waals surface area contributed by atoms with Crippen LogP contribution in [0.5, 0.6) is 5.75 Å². The first-order valence-corrected chi connectivity index (χ1v) is 13.8. The van der Waals surface area contributed by atoms with Crippen LogP contribution >= 0.6 is 22.9 Å². The van der Waals surface area contributed by atoms with E-state index in [-0.39, 0.29) is 28.5 Å². The van der Waals surface area contributed by atoms with Gasteiger partial charge in [0, 0.05) is 48.2 Å². The summed E-state index contributed by atoms with van der Waals surface area (Å²) in [6.07, 6.45) is -2.65. The highest BCUT2D eigenvalue weighted by Gasteiger charge is 2.39. The second kappa shape index (κ2) is 10.8. The topological polar surface area (TPSA) is 63.0 Å². The van der Waals surface area contributed by atoms with Gasteiger partial charge in [-0.05, 0) is 49.1 Å². The van der Waals surface area contributed by atoms with Crippen LogP contribution in [0.3, 0.4) is 0 Å². The number of carbonyl (C=O) groups excluding carboxylic acids is 1. The lowest BCUT2D eigenvalue weighted by Crippen LogP contribution is -2.49. The maximum atomic E-state index is 14.2. The maximum Gasteiger partial charge on any atom is 0.433 e. The molecule has 4 aromatic rings. The van der Waals surface area contributed by atoms with Gasteiger partial charge in [-0.3, -0.25) is 9.69 Å². The SMILES string of the molecule is CCC(c1sccc1Cl)N1CCN(C(=O)c2cnn3c(C(F)(F)F)c(C)c(-c4ccc(OC)cc4)nc23)CC1. The number of hydrogen-bond acceptors (Lipinski definition) is 6. The molecule has 0 N–H and O–H groups in total. The van der Waals surface area contributed by atoms with E-state index >= 15 is 0 Å². The molecule has 5 rings (SSSR count). The van der Waals surface area contributed by atoms with Crippen molar-refractivity contribution < 1.29 is 22.7 Å². The lowest BCUT2D eigenvalue weighted by atomic mass is 10.0. The fraction of sp³-hybridized carbons (Fsp3) is 0.370. The van der Waals surface area contributed by atoms with E-state index in [0.29, 0.717) is 37.5 Å². The van der Waals surface area contributed by atoms with Crippen LogP contribution in [0.4, 0.5) is 13.2 Å². The van der Waals surface area contributed by atoms with E-state index in [1.807, 2.05) is 11.4 Å². The number of piperazine rings is 1. The zero-order valence-corrected chi connectivity index (χ0v) is 23.2. The summed E-state index contributed by atoms with van der Waals surface area (Å²) >= 11 is 8.00. The number of aromatic nitrogens is 3. The summed E-state index contributed by atoms with van der Waals surface area (Å²) in [5.74, 6) is 0.177. The first-order valence-electron chi connectivity index (χ1n) is 12.5. The summed E-state index contributed by atoms with van der Waals surface area (Å²) in [6.45, 7) is 5.56. The molecule has 1 aliphatic heterocycles. The number of nitrogens with zero attached hydrogens (tertiary/aromatic N) is 5. The molecule has 206 valence electrons. The maximum absolute atomic E-state index is 14.2. The van der Waals surface area contributed by atoms with Crippen molar-refractivity contribution in [3.05, 3.63) is 68.6 Å². The Morgan fingerprint density at radius 2 is 1.85 bits per heavy atom. The van der Waals surface area contributed by atoms with Crippen LogP contribution in [-0.4, -0.2) is 63.6 Å². The number of halogens is 4. The highest BCUT2D eigenvalue weighted by molar-refractivity contribution is 7.10. The van der Waals surface area contributed by atoms with Crippen LogP contribution in [-0.2, 0) is 6.18 Å². The van der Waals surface area contributed by atoms with Crippen LogP contribution in [0.2, 0.25) is 5.02 Å². The van der Waals surface area contributed by atoms with Crippen LogP contribution < -0.4 is 4.74 Å². The summed E-state index contributed by atoms with van der Waals surface area (Å²) in [6, 6.07) is 8.64. The highest BCUT2D eigenvalue weighted by Crippen LogP contribution is 2.38. The van der Waals surface area contributed by atoms with Crippen molar-refractivity contribution in [1.29, 1.82) is 0 Å². The van der Waals surface area contributed by atoms with E-state index in [2.05, 4.69) is 21.9 Å². The predicted molar refractivity (Wildman–Crippen MR) is 145 cm³/mol. The number of ether oxygens (including phenoxy) is 1. The number of thiophene rings is 1. The van der Waals surface area contributed by atoms with Crippen molar-refractivity contribution in [2.24, 2.45) is 0 Å². The molecule has 1 aliphatic rings. The van der Waals surface area contributed by atoms with Crippen molar-refractivity contribution in [3.63, 3.8) is 0 Å². The number of benzene rings is 1. The summed E-state index contributed by atoms with van der Waals surface area (Å²) in [5, 5.41) is 6.68. The van der Waals surface area contributed by atoms with E-state index in [9.17, 15) is 18.0 Å². The van der Waals surface area contributed by atoms with E-state index in [1.54, 1.807) is 40.5 Å². The zero-order chi connectivity index (χ0) is 27.9. The Morgan fingerprint density at radius 1 is 1.15 bits per heavy atom. The Morgan fingerprint density at radius 3 is 2.41 bits per heavy atom. The summed E-state index contributed by atoms with van der Waals surface area (Å²) < 4.78 is 48.6. The van der Waals surface area contributed by atoms with Crippen molar-refractivity contribution >= 4 is 34.5 Å². The van der Waals surface area contributed by atoms with Gasteiger partial charge < -0.3 is 9.64 Å². The Balaban J connectivity index is 1.47. The Bertz CT molecular complexity index is 1490. The van der Waals surface area contributed by atoms with Gasteiger partial charge in [-0.2, -0.15) is 18.3 Å². The Labute approximate surface area is 232 Å². The van der Waals surface area contributed by atoms with Crippen LogP contribution in [0.15, 0.2) is 41.9 Å². The molecule has 1 amide bonds. The van der Waals surface area contributed by atoms with Gasteiger partial charge in [0.25, 0.3) is 5.91 Å². The third-order valence-corrected chi connectivity index (χ3v) is 8.58. The second-order valence-corrected chi connectivity index (χ2v) is 10.7. The minimum absolute atomic E-state index is 0.0389. The first-order chi connectivity index (χ1) is 18.6. The molecule has 0 radical (unpaired) electrons. The molecule has 1 fully saturated rings. The lowest BCUT2D eigenvalue weighted by molar-refractivity contribution is -0.143. The molecule has 1 aromatic carbocycles. The molecular formula is C27H27ClF3N5O2S. The van der Waals surface area contributed by atoms with E-state index in [4.69, 9.17) is 16.3 Å². The monoisotopic (exact) mass is 577 g/mol.